The number of carbonyl (C=O) groups excluding carboxylic acids is 1. The van der Waals surface area contributed by atoms with Crippen LogP contribution >= 0.6 is 11.8 Å². The Labute approximate surface area is 175 Å². The van der Waals surface area contributed by atoms with Gasteiger partial charge in [0.1, 0.15) is 23.8 Å². The van der Waals surface area contributed by atoms with Crippen LogP contribution in [0.3, 0.4) is 0 Å². The molecule has 10 heteroatoms. The van der Waals surface area contributed by atoms with E-state index >= 15 is 0 Å². The van der Waals surface area contributed by atoms with E-state index in [1.54, 1.807) is 36.2 Å². The Morgan fingerprint density at radius 1 is 1.24 bits per heavy atom. The maximum Gasteiger partial charge on any atom is 0.240 e. The molecule has 0 aliphatic heterocycles. The van der Waals surface area contributed by atoms with Gasteiger partial charge in [-0.2, -0.15) is 11.8 Å². The fourth-order valence-corrected chi connectivity index (χ4v) is 4.25. The minimum absolute atomic E-state index is 0.278. The summed E-state index contributed by atoms with van der Waals surface area (Å²) in [4.78, 5) is 12.3. The van der Waals surface area contributed by atoms with Gasteiger partial charge in [-0.25, -0.2) is 8.42 Å². The van der Waals surface area contributed by atoms with Crippen molar-refractivity contribution in [2.24, 2.45) is 0 Å². The van der Waals surface area contributed by atoms with E-state index in [4.69, 9.17) is 13.9 Å². The van der Waals surface area contributed by atoms with Crippen LogP contribution in [0.5, 0.6) is 11.5 Å². The van der Waals surface area contributed by atoms with Crippen LogP contribution in [-0.4, -0.2) is 53.6 Å². The quantitative estimate of drug-likeness (QED) is 0.504. The van der Waals surface area contributed by atoms with Crippen molar-refractivity contribution >= 4 is 33.4 Å². The lowest BCUT2D eigenvalue weighted by Gasteiger charge is -2.24. The number of furan rings is 1. The third-order valence-corrected chi connectivity index (χ3v) is 6.15. The summed E-state index contributed by atoms with van der Waals surface area (Å²) in [6.07, 6.45) is 3.46. The Balaban J connectivity index is 1.89. The van der Waals surface area contributed by atoms with E-state index in [0.29, 0.717) is 18.0 Å². The number of ether oxygens (including phenoxy) is 2. The molecular formula is C19H26N2O6S2. The minimum atomic E-state index is -3.69. The predicted molar refractivity (Wildman–Crippen MR) is 114 cm³/mol. The number of thioether (sulfide) groups is 1. The topological polar surface area (TPSA) is 98.1 Å². The van der Waals surface area contributed by atoms with Crippen molar-refractivity contribution in [2.75, 3.05) is 43.6 Å². The van der Waals surface area contributed by atoms with Gasteiger partial charge < -0.3 is 19.2 Å². The van der Waals surface area contributed by atoms with Crippen LogP contribution in [0.25, 0.3) is 0 Å². The number of sulfonamides is 1. The second-order valence-corrected chi connectivity index (χ2v) is 9.15. The molecule has 0 saturated heterocycles. The maximum atomic E-state index is 12.3. The van der Waals surface area contributed by atoms with Crippen molar-refractivity contribution in [1.29, 1.82) is 0 Å². The summed E-state index contributed by atoms with van der Waals surface area (Å²) in [5.41, 5.74) is 0.278. The SMILES string of the molecule is COc1ccc(N(CC(=O)NCCCSCc2ccco2)S(C)(=O)=O)c(OC)c1. The molecule has 1 aromatic carbocycles. The molecule has 0 unspecified atom stereocenters. The number of methoxy groups -OCH3 is 2. The zero-order chi connectivity index (χ0) is 21.3. The van der Waals surface area contributed by atoms with Gasteiger partial charge in [-0.05, 0) is 36.4 Å². The molecule has 2 aromatic rings. The molecule has 0 atom stereocenters. The van der Waals surface area contributed by atoms with Crippen molar-refractivity contribution in [3.8, 4) is 11.5 Å². The molecule has 0 spiro atoms. The van der Waals surface area contributed by atoms with Gasteiger partial charge >= 0.3 is 0 Å². The molecule has 1 amide bonds. The van der Waals surface area contributed by atoms with Crippen molar-refractivity contribution in [3.63, 3.8) is 0 Å². The molecule has 1 aromatic heterocycles. The van der Waals surface area contributed by atoms with E-state index in [0.717, 1.165) is 34.2 Å². The number of rotatable bonds is 12. The summed E-state index contributed by atoms with van der Waals surface area (Å²) >= 11 is 1.71. The molecule has 2 rings (SSSR count). The largest absolute Gasteiger partial charge is 0.497 e. The van der Waals surface area contributed by atoms with Crippen LogP contribution in [0, 0.1) is 0 Å². The Kier molecular flexibility index (Phi) is 8.71. The molecule has 0 saturated carbocycles. The van der Waals surface area contributed by atoms with Gasteiger partial charge in [-0.1, -0.05) is 0 Å². The van der Waals surface area contributed by atoms with E-state index in [1.807, 2.05) is 12.1 Å². The van der Waals surface area contributed by atoms with Crippen LogP contribution in [-0.2, 0) is 20.6 Å². The molecule has 0 aliphatic carbocycles. The monoisotopic (exact) mass is 442 g/mol. The van der Waals surface area contributed by atoms with E-state index in [9.17, 15) is 13.2 Å². The van der Waals surface area contributed by atoms with Crippen LogP contribution in [0.2, 0.25) is 0 Å². The predicted octanol–water partition coefficient (Wildman–Crippen LogP) is 2.50. The molecule has 1 heterocycles. The van der Waals surface area contributed by atoms with Crippen molar-refractivity contribution < 1.29 is 27.1 Å². The highest BCUT2D eigenvalue weighted by atomic mass is 32.2. The van der Waals surface area contributed by atoms with Gasteiger partial charge in [-0.3, -0.25) is 9.10 Å². The lowest BCUT2D eigenvalue weighted by atomic mass is 10.2. The summed E-state index contributed by atoms with van der Waals surface area (Å²) in [5.74, 6) is 2.98. The molecule has 160 valence electrons. The molecule has 29 heavy (non-hydrogen) atoms. The maximum absolute atomic E-state index is 12.3. The number of benzene rings is 1. The molecule has 1 N–H and O–H groups in total. The van der Waals surface area contributed by atoms with Gasteiger partial charge in [0.05, 0.1) is 38.2 Å². The highest BCUT2D eigenvalue weighted by Crippen LogP contribution is 2.33. The van der Waals surface area contributed by atoms with Gasteiger partial charge in [0.2, 0.25) is 15.9 Å². The summed E-state index contributed by atoms with van der Waals surface area (Å²) in [7, 11) is -0.760. The van der Waals surface area contributed by atoms with Crippen molar-refractivity contribution in [2.45, 2.75) is 12.2 Å². The molecule has 0 radical (unpaired) electrons. The van der Waals surface area contributed by atoms with E-state index in [1.165, 1.54) is 14.2 Å². The van der Waals surface area contributed by atoms with Crippen LogP contribution in [0.4, 0.5) is 5.69 Å². The number of amides is 1. The van der Waals surface area contributed by atoms with E-state index in [-0.39, 0.29) is 18.1 Å². The van der Waals surface area contributed by atoms with Crippen molar-refractivity contribution in [3.05, 3.63) is 42.4 Å². The molecule has 0 aliphatic rings. The highest BCUT2D eigenvalue weighted by molar-refractivity contribution is 7.98. The van der Waals surface area contributed by atoms with Gasteiger partial charge in [0, 0.05) is 12.6 Å². The first-order chi connectivity index (χ1) is 13.8. The molecule has 0 bridgehead atoms. The third kappa shape index (κ3) is 7.21. The number of hydrogen-bond donors (Lipinski definition) is 1. The first kappa shape index (κ1) is 23.0. The minimum Gasteiger partial charge on any atom is -0.497 e. The second kappa shape index (κ2) is 11.0. The van der Waals surface area contributed by atoms with Crippen LogP contribution in [0.1, 0.15) is 12.2 Å². The average Bonchev–Trinajstić information content (AvgIpc) is 3.21. The number of nitrogens with one attached hydrogen (secondary N) is 1. The summed E-state index contributed by atoms with van der Waals surface area (Å²) in [6, 6.07) is 8.51. The molecular weight excluding hydrogens is 416 g/mol. The van der Waals surface area contributed by atoms with Gasteiger partial charge in [-0.15, -0.1) is 0 Å². The lowest BCUT2D eigenvalue weighted by Crippen LogP contribution is -2.40. The Morgan fingerprint density at radius 3 is 2.66 bits per heavy atom. The van der Waals surface area contributed by atoms with E-state index < -0.39 is 10.0 Å². The number of anilines is 1. The van der Waals surface area contributed by atoms with Crippen LogP contribution in [0.15, 0.2) is 41.0 Å². The van der Waals surface area contributed by atoms with Gasteiger partial charge in [0.25, 0.3) is 0 Å². The lowest BCUT2D eigenvalue weighted by molar-refractivity contribution is -0.119. The normalized spacial score (nSPS) is 11.1. The fraction of sp³-hybridized carbons (Fsp3) is 0.421. The number of nitrogens with zero attached hydrogens (tertiary/aromatic N) is 1. The first-order valence-electron chi connectivity index (χ1n) is 8.91. The summed E-state index contributed by atoms with van der Waals surface area (Å²) in [6.45, 7) is 0.127. The fourth-order valence-electron chi connectivity index (χ4n) is 2.53. The third-order valence-electron chi connectivity index (χ3n) is 3.96. The summed E-state index contributed by atoms with van der Waals surface area (Å²) in [5, 5.41) is 2.76. The Morgan fingerprint density at radius 2 is 2.03 bits per heavy atom. The zero-order valence-corrected chi connectivity index (χ0v) is 18.3. The summed E-state index contributed by atoms with van der Waals surface area (Å²) < 4.78 is 41.2. The molecule has 0 fully saturated rings. The second-order valence-electron chi connectivity index (χ2n) is 6.14. The van der Waals surface area contributed by atoms with Crippen molar-refractivity contribution in [1.82, 2.24) is 5.32 Å². The van der Waals surface area contributed by atoms with Crippen LogP contribution < -0.4 is 19.1 Å². The first-order valence-corrected chi connectivity index (χ1v) is 11.9. The Hall–Kier alpha value is -2.33. The van der Waals surface area contributed by atoms with E-state index in [2.05, 4.69) is 5.32 Å². The highest BCUT2D eigenvalue weighted by Gasteiger charge is 2.24. The number of hydrogen-bond acceptors (Lipinski definition) is 7. The number of carbonyl (C=O) groups is 1. The zero-order valence-electron chi connectivity index (χ0n) is 16.7. The molecule has 8 nitrogen and oxygen atoms in total. The smallest absolute Gasteiger partial charge is 0.240 e. The Bertz CT molecular complexity index is 884. The van der Waals surface area contributed by atoms with Gasteiger partial charge in [0.15, 0.2) is 0 Å². The average molecular weight is 443 g/mol. The standard InChI is InChI=1S/C19H26N2O6S2/c1-25-15-7-8-17(18(12-15)26-2)21(29(3,23)24)13-19(22)20-9-5-11-28-14-16-6-4-10-27-16/h4,6-8,10,12H,5,9,11,13-14H2,1-3H3,(H,20,22).